The van der Waals surface area contributed by atoms with Crippen LogP contribution >= 0.6 is 0 Å². The molecule has 3 aromatic carbocycles. The van der Waals surface area contributed by atoms with Crippen LogP contribution in [0, 0.1) is 16.0 Å². The maximum Gasteiger partial charge on any atom is 0.325 e. The van der Waals surface area contributed by atoms with Crippen LogP contribution in [-0.4, -0.2) is 78.9 Å². The summed E-state index contributed by atoms with van der Waals surface area (Å²) in [6.07, 6.45) is -1.20. The number of aliphatic hydroxyl groups excluding tert-OH is 1. The molecule has 0 bridgehead atoms. The molecule has 13 nitrogen and oxygen atoms in total. The lowest BCUT2D eigenvalue weighted by Crippen LogP contribution is -2.51. The van der Waals surface area contributed by atoms with E-state index < -0.39 is 23.2 Å². The molecule has 47 heavy (non-hydrogen) atoms. The van der Waals surface area contributed by atoms with Gasteiger partial charge in [0, 0.05) is 67.7 Å². The highest BCUT2D eigenvalue weighted by molar-refractivity contribution is 5.91. The summed E-state index contributed by atoms with van der Waals surface area (Å²) in [5.74, 6) is -0.528. The predicted octanol–water partition coefficient (Wildman–Crippen LogP) is 4.39. The zero-order valence-corrected chi connectivity index (χ0v) is 26.5. The van der Waals surface area contributed by atoms with Gasteiger partial charge in [-0.05, 0) is 42.3 Å². The third kappa shape index (κ3) is 8.83. The van der Waals surface area contributed by atoms with Crippen molar-refractivity contribution in [1.82, 2.24) is 10.2 Å². The second-order valence-electron chi connectivity index (χ2n) is 11.6. The molecule has 0 aliphatic carbocycles. The van der Waals surface area contributed by atoms with Crippen LogP contribution in [0.2, 0.25) is 0 Å². The number of hydrogen-bond acceptors (Lipinski definition) is 10. The number of esters is 1. The summed E-state index contributed by atoms with van der Waals surface area (Å²) in [4.78, 5) is 39.3. The number of nitrogens with one attached hydrogen (secondary N) is 2. The van der Waals surface area contributed by atoms with Crippen molar-refractivity contribution in [3.8, 4) is 0 Å². The number of hydrogen-bond donors (Lipinski definition) is 3. The van der Waals surface area contributed by atoms with E-state index in [9.17, 15) is 24.8 Å². The highest BCUT2D eigenvalue weighted by Crippen LogP contribution is 2.42. The number of amides is 2. The SMILES string of the molecule is CCOC(=O)CNC(=O)Nc1cccc(C2OC(CN3CCN(c4ccc([N+](=O)[O-])cc4)CC3)C(C)C(c3ccc(CO)cc3)O2)c1. The van der Waals surface area contributed by atoms with Gasteiger partial charge in [-0.2, -0.15) is 0 Å². The van der Waals surface area contributed by atoms with Gasteiger partial charge in [0.25, 0.3) is 5.69 Å². The molecule has 0 spiro atoms. The Morgan fingerprint density at radius 3 is 2.38 bits per heavy atom. The van der Waals surface area contributed by atoms with Crippen molar-refractivity contribution in [3.05, 3.63) is 99.6 Å². The molecule has 0 radical (unpaired) electrons. The fourth-order valence-corrected chi connectivity index (χ4v) is 5.86. The Kier molecular flexibility index (Phi) is 11.4. The largest absolute Gasteiger partial charge is 0.465 e. The van der Waals surface area contributed by atoms with Crippen LogP contribution in [0.4, 0.5) is 21.9 Å². The number of ether oxygens (including phenoxy) is 3. The van der Waals surface area contributed by atoms with Crippen LogP contribution in [0.1, 0.15) is 42.9 Å². The molecule has 250 valence electrons. The van der Waals surface area contributed by atoms with Crippen molar-refractivity contribution in [2.24, 2.45) is 5.92 Å². The normalized spacial score (nSPS) is 21.6. The molecule has 2 amide bonds. The molecule has 2 saturated heterocycles. The molecule has 4 atom stereocenters. The van der Waals surface area contributed by atoms with Gasteiger partial charge in [-0.3, -0.25) is 19.8 Å². The summed E-state index contributed by atoms with van der Waals surface area (Å²) in [5.41, 5.74) is 4.06. The zero-order valence-electron chi connectivity index (χ0n) is 26.5. The van der Waals surface area contributed by atoms with E-state index >= 15 is 0 Å². The van der Waals surface area contributed by atoms with Crippen LogP contribution in [-0.2, 0) is 25.6 Å². The van der Waals surface area contributed by atoms with Gasteiger partial charge in [-0.15, -0.1) is 0 Å². The third-order valence-corrected chi connectivity index (χ3v) is 8.47. The number of non-ortho nitro benzene ring substituents is 1. The number of nitrogens with zero attached hydrogens (tertiary/aromatic N) is 3. The van der Waals surface area contributed by atoms with Gasteiger partial charge in [0.1, 0.15) is 6.54 Å². The Balaban J connectivity index is 1.28. The average molecular weight is 648 g/mol. The summed E-state index contributed by atoms with van der Waals surface area (Å²) in [7, 11) is 0. The van der Waals surface area contributed by atoms with Crippen molar-refractivity contribution >= 4 is 29.1 Å². The van der Waals surface area contributed by atoms with Crippen LogP contribution < -0.4 is 15.5 Å². The number of anilines is 2. The van der Waals surface area contributed by atoms with Gasteiger partial charge in [0.15, 0.2) is 6.29 Å². The van der Waals surface area contributed by atoms with E-state index in [0.29, 0.717) is 12.2 Å². The lowest BCUT2D eigenvalue weighted by Gasteiger charge is -2.44. The molecule has 13 heteroatoms. The predicted molar refractivity (Wildman–Crippen MR) is 175 cm³/mol. The second-order valence-corrected chi connectivity index (χ2v) is 11.6. The molecule has 2 fully saturated rings. The lowest BCUT2D eigenvalue weighted by atomic mass is 9.90. The van der Waals surface area contributed by atoms with E-state index in [1.807, 2.05) is 30.3 Å². The first-order valence-electron chi connectivity index (χ1n) is 15.8. The molecular formula is C34H41N5O8. The number of piperazine rings is 1. The molecule has 2 aliphatic rings. The monoisotopic (exact) mass is 647 g/mol. The number of urea groups is 1. The zero-order chi connectivity index (χ0) is 33.3. The summed E-state index contributed by atoms with van der Waals surface area (Å²) in [6, 6.07) is 21.1. The summed E-state index contributed by atoms with van der Waals surface area (Å²) in [6.45, 7) is 7.57. The van der Waals surface area contributed by atoms with E-state index in [1.165, 1.54) is 12.1 Å². The molecule has 2 aliphatic heterocycles. The number of rotatable bonds is 11. The highest BCUT2D eigenvalue weighted by Gasteiger charge is 2.39. The summed E-state index contributed by atoms with van der Waals surface area (Å²) < 4.78 is 18.1. The Bertz CT molecular complexity index is 1510. The van der Waals surface area contributed by atoms with Crippen LogP contribution in [0.15, 0.2) is 72.8 Å². The van der Waals surface area contributed by atoms with Crippen molar-refractivity contribution < 1.29 is 33.8 Å². The number of carbonyl (C=O) groups excluding carboxylic acids is 2. The Morgan fingerprint density at radius 2 is 1.72 bits per heavy atom. The first-order chi connectivity index (χ1) is 22.7. The fraction of sp³-hybridized carbons (Fsp3) is 0.412. The van der Waals surface area contributed by atoms with Gasteiger partial charge in [-0.1, -0.05) is 43.3 Å². The van der Waals surface area contributed by atoms with Crippen LogP contribution in [0.25, 0.3) is 0 Å². The van der Waals surface area contributed by atoms with E-state index in [0.717, 1.165) is 48.6 Å². The molecule has 3 aromatic rings. The quantitative estimate of drug-likeness (QED) is 0.155. The minimum atomic E-state index is -0.718. The lowest BCUT2D eigenvalue weighted by molar-refractivity contribution is -0.384. The molecule has 5 rings (SSSR count). The topological polar surface area (TPSA) is 156 Å². The molecule has 3 N–H and O–H groups in total. The fourth-order valence-electron chi connectivity index (χ4n) is 5.86. The molecular weight excluding hydrogens is 606 g/mol. The van der Waals surface area contributed by atoms with Gasteiger partial charge >= 0.3 is 12.0 Å². The molecule has 2 heterocycles. The van der Waals surface area contributed by atoms with Crippen molar-refractivity contribution in [1.29, 1.82) is 0 Å². The Labute approximate surface area is 273 Å². The van der Waals surface area contributed by atoms with E-state index in [4.69, 9.17) is 14.2 Å². The van der Waals surface area contributed by atoms with Crippen molar-refractivity contribution in [2.45, 2.75) is 39.0 Å². The number of nitro groups is 1. The van der Waals surface area contributed by atoms with Gasteiger partial charge in [-0.25, -0.2) is 4.79 Å². The van der Waals surface area contributed by atoms with Crippen LogP contribution in [0.5, 0.6) is 0 Å². The number of aliphatic hydroxyl groups is 1. The minimum Gasteiger partial charge on any atom is -0.465 e. The van der Waals surface area contributed by atoms with E-state index in [-0.39, 0.29) is 43.6 Å². The maximum absolute atomic E-state index is 12.4. The smallest absolute Gasteiger partial charge is 0.325 e. The molecule has 0 saturated carbocycles. The summed E-state index contributed by atoms with van der Waals surface area (Å²) >= 11 is 0. The number of nitro benzene ring substituents is 1. The van der Waals surface area contributed by atoms with Gasteiger partial charge < -0.3 is 34.9 Å². The number of carbonyl (C=O) groups is 2. The third-order valence-electron chi connectivity index (χ3n) is 8.47. The minimum absolute atomic E-state index is 0.00566. The summed E-state index contributed by atoms with van der Waals surface area (Å²) in [5, 5.41) is 25.8. The Hall–Kier alpha value is -4.56. The second kappa shape index (κ2) is 15.8. The first-order valence-corrected chi connectivity index (χ1v) is 15.8. The van der Waals surface area contributed by atoms with Crippen molar-refractivity contribution in [2.75, 3.05) is 56.1 Å². The molecule has 4 unspecified atom stereocenters. The first kappa shape index (κ1) is 33.8. The maximum atomic E-state index is 12.4. The number of benzene rings is 3. The van der Waals surface area contributed by atoms with Gasteiger partial charge in [0.2, 0.25) is 0 Å². The van der Waals surface area contributed by atoms with Crippen LogP contribution in [0.3, 0.4) is 0 Å². The highest BCUT2D eigenvalue weighted by atomic mass is 16.7. The molecule has 0 aromatic heterocycles. The average Bonchev–Trinajstić information content (AvgIpc) is 3.09. The van der Waals surface area contributed by atoms with Gasteiger partial charge in [0.05, 0.1) is 30.3 Å². The Morgan fingerprint density at radius 1 is 1.00 bits per heavy atom. The van der Waals surface area contributed by atoms with E-state index in [2.05, 4.69) is 27.4 Å². The standard InChI is InChI=1S/C34H41N5O8/c1-3-45-31(41)20-35-34(42)36-27-6-4-5-26(19-27)33-46-30(23(2)32(47-33)25-9-7-24(22-40)8-10-25)21-37-15-17-38(18-16-37)28-11-13-29(14-12-28)39(43)44/h4-14,19,23,30,32-33,40H,3,15-18,20-22H2,1-2H3,(H2,35,36,42). The van der Waals surface area contributed by atoms with Crippen molar-refractivity contribution in [3.63, 3.8) is 0 Å². The van der Waals surface area contributed by atoms with E-state index in [1.54, 1.807) is 37.3 Å².